The minimum Gasteiger partial charge on any atom is -0.508 e. The Morgan fingerprint density at radius 1 is 1.54 bits per heavy atom. The first-order chi connectivity index (χ1) is 6.19. The summed E-state index contributed by atoms with van der Waals surface area (Å²) >= 11 is 0. The highest BCUT2D eigenvalue weighted by molar-refractivity contribution is 5.78. The second-order valence-corrected chi connectivity index (χ2v) is 3.24. The Kier molecular flexibility index (Phi) is 3.07. The van der Waals surface area contributed by atoms with Crippen molar-refractivity contribution in [1.82, 2.24) is 0 Å². The van der Waals surface area contributed by atoms with Crippen LogP contribution in [0.5, 0.6) is 5.75 Å². The molecule has 1 atom stereocenters. The molecular formula is C11H14O2. The van der Waals surface area contributed by atoms with Crippen LogP contribution in [0.25, 0.3) is 0 Å². The first kappa shape index (κ1) is 9.78. The van der Waals surface area contributed by atoms with Crippen LogP contribution in [0.3, 0.4) is 0 Å². The van der Waals surface area contributed by atoms with Crippen LogP contribution in [0.15, 0.2) is 18.2 Å². The van der Waals surface area contributed by atoms with Crippen LogP contribution < -0.4 is 0 Å². The molecule has 1 N–H and O–H groups in total. The summed E-state index contributed by atoms with van der Waals surface area (Å²) < 4.78 is 0. The molecule has 0 amide bonds. The number of hydrogen-bond acceptors (Lipinski definition) is 2. The van der Waals surface area contributed by atoms with Gasteiger partial charge in [-0.3, -0.25) is 4.79 Å². The van der Waals surface area contributed by atoms with Gasteiger partial charge >= 0.3 is 0 Å². The molecule has 70 valence electrons. The molecule has 1 aromatic rings. The van der Waals surface area contributed by atoms with Gasteiger partial charge in [-0.2, -0.15) is 0 Å². The van der Waals surface area contributed by atoms with Crippen LogP contribution in [0.4, 0.5) is 0 Å². The quantitative estimate of drug-likeness (QED) is 0.722. The zero-order valence-electron chi connectivity index (χ0n) is 7.95. The van der Waals surface area contributed by atoms with Gasteiger partial charge in [-0.25, -0.2) is 0 Å². The van der Waals surface area contributed by atoms with Gasteiger partial charge in [-0.1, -0.05) is 19.9 Å². The van der Waals surface area contributed by atoms with Crippen LogP contribution in [0, 0.1) is 0 Å². The van der Waals surface area contributed by atoms with Crippen molar-refractivity contribution in [3.8, 4) is 5.75 Å². The fourth-order valence-electron chi connectivity index (χ4n) is 1.33. The van der Waals surface area contributed by atoms with E-state index in [0.29, 0.717) is 11.5 Å². The summed E-state index contributed by atoms with van der Waals surface area (Å²) in [5, 5.41) is 9.16. The average molecular weight is 178 g/mol. The van der Waals surface area contributed by atoms with E-state index < -0.39 is 0 Å². The Labute approximate surface area is 78.2 Å². The maximum atomic E-state index is 10.7. The zero-order chi connectivity index (χ0) is 9.84. The molecule has 0 bridgehead atoms. The van der Waals surface area contributed by atoms with E-state index in [9.17, 15) is 4.79 Å². The van der Waals surface area contributed by atoms with E-state index in [2.05, 4.69) is 13.8 Å². The Bertz CT molecular complexity index is 305. The van der Waals surface area contributed by atoms with Gasteiger partial charge in [0.2, 0.25) is 0 Å². The number of phenolic OH excluding ortho intramolecular Hbond substituents is 1. The van der Waals surface area contributed by atoms with E-state index in [0.717, 1.165) is 18.3 Å². The molecule has 0 radical (unpaired) electrons. The van der Waals surface area contributed by atoms with Gasteiger partial charge in [0, 0.05) is 5.56 Å². The number of rotatable bonds is 3. The summed E-state index contributed by atoms with van der Waals surface area (Å²) in [7, 11) is 0. The molecule has 2 nitrogen and oxygen atoms in total. The highest BCUT2D eigenvalue weighted by atomic mass is 16.3. The van der Waals surface area contributed by atoms with Crippen molar-refractivity contribution < 1.29 is 9.90 Å². The molecular weight excluding hydrogens is 164 g/mol. The Morgan fingerprint density at radius 3 is 2.77 bits per heavy atom. The molecule has 0 aliphatic rings. The molecule has 0 heterocycles. The Hall–Kier alpha value is -1.31. The van der Waals surface area contributed by atoms with E-state index in [4.69, 9.17) is 5.11 Å². The van der Waals surface area contributed by atoms with Crippen LogP contribution in [-0.2, 0) is 0 Å². The van der Waals surface area contributed by atoms with Gasteiger partial charge in [0.15, 0.2) is 0 Å². The second-order valence-electron chi connectivity index (χ2n) is 3.24. The number of aromatic hydroxyl groups is 1. The lowest BCUT2D eigenvalue weighted by atomic mass is 9.94. The van der Waals surface area contributed by atoms with E-state index in [-0.39, 0.29) is 5.75 Å². The molecule has 1 rings (SSSR count). The smallest absolute Gasteiger partial charge is 0.150 e. The van der Waals surface area contributed by atoms with E-state index in [1.54, 1.807) is 6.07 Å². The predicted octanol–water partition coefficient (Wildman–Crippen LogP) is 2.72. The van der Waals surface area contributed by atoms with Gasteiger partial charge in [-0.15, -0.1) is 0 Å². The molecule has 0 saturated heterocycles. The third-order valence-electron chi connectivity index (χ3n) is 2.34. The molecule has 13 heavy (non-hydrogen) atoms. The van der Waals surface area contributed by atoms with Crippen LogP contribution >= 0.6 is 0 Å². The SMILES string of the molecule is CCC(C)c1ccc(O)cc1C=O. The first-order valence-electron chi connectivity index (χ1n) is 4.47. The lowest BCUT2D eigenvalue weighted by Crippen LogP contribution is -1.96. The predicted molar refractivity (Wildman–Crippen MR) is 52.2 cm³/mol. The normalized spacial score (nSPS) is 12.5. The highest BCUT2D eigenvalue weighted by Crippen LogP contribution is 2.24. The Morgan fingerprint density at radius 2 is 2.23 bits per heavy atom. The van der Waals surface area contributed by atoms with Gasteiger partial charge in [0.25, 0.3) is 0 Å². The zero-order valence-corrected chi connectivity index (χ0v) is 7.95. The van der Waals surface area contributed by atoms with Gasteiger partial charge in [0.1, 0.15) is 12.0 Å². The first-order valence-corrected chi connectivity index (χ1v) is 4.47. The largest absolute Gasteiger partial charge is 0.508 e. The van der Waals surface area contributed by atoms with Crippen molar-refractivity contribution >= 4 is 6.29 Å². The fraction of sp³-hybridized carbons (Fsp3) is 0.364. The second kappa shape index (κ2) is 4.08. The van der Waals surface area contributed by atoms with Gasteiger partial charge in [0.05, 0.1) is 0 Å². The lowest BCUT2D eigenvalue weighted by Gasteiger charge is -2.11. The summed E-state index contributed by atoms with van der Waals surface area (Å²) in [6.45, 7) is 4.14. The molecule has 1 aromatic carbocycles. The maximum Gasteiger partial charge on any atom is 0.150 e. The lowest BCUT2D eigenvalue weighted by molar-refractivity contribution is 0.112. The number of aldehydes is 1. The van der Waals surface area contributed by atoms with E-state index in [1.807, 2.05) is 6.07 Å². The number of hydrogen-bond donors (Lipinski definition) is 1. The maximum absolute atomic E-state index is 10.7. The van der Waals surface area contributed by atoms with Crippen LogP contribution in [-0.4, -0.2) is 11.4 Å². The van der Waals surface area contributed by atoms with Gasteiger partial charge < -0.3 is 5.11 Å². The van der Waals surface area contributed by atoms with Crippen molar-refractivity contribution in [2.75, 3.05) is 0 Å². The summed E-state index contributed by atoms with van der Waals surface area (Å²) in [5.74, 6) is 0.509. The van der Waals surface area contributed by atoms with E-state index in [1.165, 1.54) is 6.07 Å². The van der Waals surface area contributed by atoms with E-state index >= 15 is 0 Å². The topological polar surface area (TPSA) is 37.3 Å². The summed E-state index contributed by atoms with van der Waals surface area (Å²) in [4.78, 5) is 10.7. The summed E-state index contributed by atoms with van der Waals surface area (Å²) in [5.41, 5.74) is 1.60. The summed E-state index contributed by atoms with van der Waals surface area (Å²) in [6, 6.07) is 4.94. The molecule has 0 aliphatic carbocycles. The van der Waals surface area contributed by atoms with Crippen molar-refractivity contribution in [3.63, 3.8) is 0 Å². The van der Waals surface area contributed by atoms with Crippen molar-refractivity contribution in [2.24, 2.45) is 0 Å². The summed E-state index contributed by atoms with van der Waals surface area (Å²) in [6.07, 6.45) is 1.78. The minimum atomic E-state index is 0.147. The molecule has 0 aliphatic heterocycles. The van der Waals surface area contributed by atoms with Crippen molar-refractivity contribution in [2.45, 2.75) is 26.2 Å². The minimum absolute atomic E-state index is 0.147. The molecule has 0 spiro atoms. The molecule has 0 aromatic heterocycles. The average Bonchev–Trinajstić information content (AvgIpc) is 2.16. The van der Waals surface area contributed by atoms with Crippen LogP contribution in [0.2, 0.25) is 0 Å². The number of carbonyl (C=O) groups is 1. The van der Waals surface area contributed by atoms with Crippen molar-refractivity contribution in [1.29, 1.82) is 0 Å². The van der Waals surface area contributed by atoms with Gasteiger partial charge in [-0.05, 0) is 30.0 Å². The third kappa shape index (κ3) is 2.08. The fourth-order valence-corrected chi connectivity index (χ4v) is 1.33. The molecule has 0 fully saturated rings. The monoisotopic (exact) mass is 178 g/mol. The molecule has 1 unspecified atom stereocenters. The molecule has 0 saturated carbocycles. The number of carbonyl (C=O) groups excluding carboxylic acids is 1. The third-order valence-corrected chi connectivity index (χ3v) is 2.34. The van der Waals surface area contributed by atoms with Crippen molar-refractivity contribution in [3.05, 3.63) is 29.3 Å². The standard InChI is InChI=1S/C11H14O2/c1-3-8(2)11-5-4-10(13)6-9(11)7-12/h4-8,13H,3H2,1-2H3. The number of benzene rings is 1. The highest BCUT2D eigenvalue weighted by Gasteiger charge is 2.08. The number of phenols is 1. The Balaban J connectivity index is 3.13. The van der Waals surface area contributed by atoms with Crippen LogP contribution in [0.1, 0.15) is 42.1 Å². The molecule has 2 heteroatoms.